The zero-order valence-electron chi connectivity index (χ0n) is 13.5. The summed E-state index contributed by atoms with van der Waals surface area (Å²) in [5, 5.41) is 4.87. The van der Waals surface area contributed by atoms with Crippen LogP contribution in [-0.2, 0) is 12.8 Å². The Bertz CT molecular complexity index is 451. The van der Waals surface area contributed by atoms with Gasteiger partial charge in [0.2, 0.25) is 0 Å². The molecule has 1 aromatic rings. The lowest BCUT2D eigenvalue weighted by Crippen LogP contribution is -2.45. The second-order valence-electron chi connectivity index (χ2n) is 6.53. The van der Waals surface area contributed by atoms with Crippen molar-refractivity contribution in [3.63, 3.8) is 0 Å². The molecule has 3 rings (SSSR count). The van der Waals surface area contributed by atoms with Gasteiger partial charge in [-0.25, -0.2) is 4.98 Å². The number of nitrogens with one attached hydrogen (secondary N) is 1. The van der Waals surface area contributed by atoms with Crippen molar-refractivity contribution >= 4 is 11.3 Å². The molecule has 0 bridgehead atoms. The highest BCUT2D eigenvalue weighted by atomic mass is 32.1. The number of aromatic nitrogens is 1. The van der Waals surface area contributed by atoms with E-state index in [1.165, 1.54) is 62.3 Å². The number of piperazine rings is 1. The summed E-state index contributed by atoms with van der Waals surface area (Å²) in [6.07, 6.45) is 7.66. The molecule has 0 spiro atoms. The van der Waals surface area contributed by atoms with E-state index in [0.717, 1.165) is 19.0 Å². The minimum Gasteiger partial charge on any atom is -0.314 e. The highest BCUT2D eigenvalue weighted by molar-refractivity contribution is 7.11. The van der Waals surface area contributed by atoms with Crippen LogP contribution < -0.4 is 5.32 Å². The summed E-state index contributed by atoms with van der Waals surface area (Å²) in [5.74, 6) is 0.898. The van der Waals surface area contributed by atoms with E-state index in [2.05, 4.69) is 24.1 Å². The molecule has 1 saturated heterocycles. The molecule has 3 nitrogen and oxygen atoms in total. The average molecular weight is 308 g/mol. The van der Waals surface area contributed by atoms with E-state index in [-0.39, 0.29) is 0 Å². The van der Waals surface area contributed by atoms with Crippen LogP contribution in [0.5, 0.6) is 0 Å². The van der Waals surface area contributed by atoms with Crippen LogP contribution in [0.3, 0.4) is 0 Å². The predicted molar refractivity (Wildman–Crippen MR) is 90.0 cm³/mol. The number of rotatable bonds is 5. The van der Waals surface area contributed by atoms with Crippen LogP contribution in [0.1, 0.15) is 61.2 Å². The first-order valence-electron chi connectivity index (χ1n) is 8.75. The molecule has 1 N–H and O–H groups in total. The summed E-state index contributed by atoms with van der Waals surface area (Å²) in [4.78, 5) is 9.32. The van der Waals surface area contributed by atoms with Crippen molar-refractivity contribution in [2.24, 2.45) is 5.92 Å². The van der Waals surface area contributed by atoms with Crippen LogP contribution in [0.2, 0.25) is 0 Å². The second kappa shape index (κ2) is 7.21. The zero-order valence-corrected chi connectivity index (χ0v) is 14.3. The van der Waals surface area contributed by atoms with Crippen LogP contribution in [0.25, 0.3) is 0 Å². The third kappa shape index (κ3) is 3.49. The van der Waals surface area contributed by atoms with Gasteiger partial charge in [-0.15, -0.1) is 11.3 Å². The zero-order chi connectivity index (χ0) is 14.7. The van der Waals surface area contributed by atoms with Gasteiger partial charge in [0.1, 0.15) is 5.01 Å². The Labute approximate surface area is 133 Å². The molecule has 0 saturated carbocycles. The number of thiazole rings is 1. The van der Waals surface area contributed by atoms with Gasteiger partial charge in [0, 0.05) is 31.1 Å². The van der Waals surface area contributed by atoms with Crippen LogP contribution in [0.15, 0.2) is 0 Å². The van der Waals surface area contributed by atoms with Crippen LogP contribution in [0.4, 0.5) is 0 Å². The number of hydrogen-bond donors (Lipinski definition) is 1. The van der Waals surface area contributed by atoms with E-state index in [1.807, 2.05) is 11.3 Å². The fraction of sp³-hybridized carbons (Fsp3) is 0.824. The van der Waals surface area contributed by atoms with Crippen LogP contribution >= 0.6 is 11.3 Å². The van der Waals surface area contributed by atoms with E-state index in [0.29, 0.717) is 6.04 Å². The van der Waals surface area contributed by atoms with E-state index in [1.54, 1.807) is 4.88 Å². The molecular formula is C17H29N3S. The molecule has 0 radical (unpaired) electrons. The van der Waals surface area contributed by atoms with Crippen molar-refractivity contribution in [3.05, 3.63) is 15.6 Å². The summed E-state index contributed by atoms with van der Waals surface area (Å²) < 4.78 is 0. The number of fused-ring (bicyclic) bond motifs is 1. The van der Waals surface area contributed by atoms with Crippen molar-refractivity contribution in [2.45, 2.75) is 58.4 Å². The molecule has 0 amide bonds. The molecule has 2 heterocycles. The smallest absolute Gasteiger partial charge is 0.110 e. The Kier molecular flexibility index (Phi) is 5.30. The Hall–Kier alpha value is -0.450. The lowest BCUT2D eigenvalue weighted by molar-refractivity contribution is 0.164. The molecular weight excluding hydrogens is 278 g/mol. The maximum absolute atomic E-state index is 5.07. The minimum absolute atomic E-state index is 0.563. The van der Waals surface area contributed by atoms with E-state index < -0.39 is 0 Å². The topological polar surface area (TPSA) is 28.2 Å². The average Bonchev–Trinajstić information content (AvgIpc) is 2.95. The monoisotopic (exact) mass is 307 g/mol. The summed E-state index contributed by atoms with van der Waals surface area (Å²) in [6, 6.07) is 0.563. The third-order valence-corrected chi connectivity index (χ3v) is 6.30. The first kappa shape index (κ1) is 15.4. The third-order valence-electron chi connectivity index (χ3n) is 5.08. The van der Waals surface area contributed by atoms with Gasteiger partial charge in [-0.3, -0.25) is 4.90 Å². The molecule has 1 aliphatic heterocycles. The normalized spacial score (nSPS) is 24.8. The van der Waals surface area contributed by atoms with E-state index in [4.69, 9.17) is 4.98 Å². The molecule has 2 aliphatic rings. The van der Waals surface area contributed by atoms with Gasteiger partial charge >= 0.3 is 0 Å². The molecule has 21 heavy (non-hydrogen) atoms. The SMILES string of the molecule is CCCC(c1nc2c(s1)CC(CC)CC2)N1CCNCC1. The highest BCUT2D eigenvalue weighted by Crippen LogP contribution is 2.36. The molecule has 2 atom stereocenters. The molecule has 118 valence electrons. The maximum atomic E-state index is 5.07. The summed E-state index contributed by atoms with van der Waals surface area (Å²) in [5.41, 5.74) is 1.43. The Morgan fingerprint density at radius 1 is 1.33 bits per heavy atom. The fourth-order valence-corrected chi connectivity index (χ4v) is 5.08. The summed E-state index contributed by atoms with van der Waals surface area (Å²) in [7, 11) is 0. The number of nitrogens with zero attached hydrogens (tertiary/aromatic N) is 2. The molecule has 2 unspecified atom stereocenters. The van der Waals surface area contributed by atoms with Crippen molar-refractivity contribution in [1.82, 2.24) is 15.2 Å². The maximum Gasteiger partial charge on any atom is 0.110 e. The second-order valence-corrected chi connectivity index (χ2v) is 7.64. The quantitative estimate of drug-likeness (QED) is 0.903. The number of aryl methyl sites for hydroxylation is 1. The van der Waals surface area contributed by atoms with E-state index >= 15 is 0 Å². The lowest BCUT2D eigenvalue weighted by atomic mass is 9.89. The molecule has 4 heteroatoms. The van der Waals surface area contributed by atoms with Gasteiger partial charge in [0.15, 0.2) is 0 Å². The summed E-state index contributed by atoms with van der Waals surface area (Å²) >= 11 is 2.02. The van der Waals surface area contributed by atoms with Gasteiger partial charge in [-0.05, 0) is 31.6 Å². The Balaban J connectivity index is 1.78. The minimum atomic E-state index is 0.563. The van der Waals surface area contributed by atoms with Crippen molar-refractivity contribution in [1.29, 1.82) is 0 Å². The molecule has 1 aromatic heterocycles. The molecule has 0 aromatic carbocycles. The van der Waals surface area contributed by atoms with Gasteiger partial charge in [0.25, 0.3) is 0 Å². The van der Waals surface area contributed by atoms with Gasteiger partial charge < -0.3 is 5.32 Å². The van der Waals surface area contributed by atoms with Gasteiger partial charge in [-0.2, -0.15) is 0 Å². The van der Waals surface area contributed by atoms with Crippen molar-refractivity contribution in [3.8, 4) is 0 Å². The van der Waals surface area contributed by atoms with Gasteiger partial charge in [-0.1, -0.05) is 26.7 Å². The van der Waals surface area contributed by atoms with Crippen LogP contribution in [0, 0.1) is 5.92 Å². The first-order valence-corrected chi connectivity index (χ1v) is 9.56. The number of hydrogen-bond acceptors (Lipinski definition) is 4. The van der Waals surface area contributed by atoms with Crippen molar-refractivity contribution in [2.75, 3.05) is 26.2 Å². The van der Waals surface area contributed by atoms with Crippen molar-refractivity contribution < 1.29 is 0 Å². The predicted octanol–water partition coefficient (Wildman–Crippen LogP) is 3.40. The molecule has 1 fully saturated rings. The largest absolute Gasteiger partial charge is 0.314 e. The first-order chi connectivity index (χ1) is 10.3. The van der Waals surface area contributed by atoms with E-state index in [9.17, 15) is 0 Å². The fourth-order valence-electron chi connectivity index (χ4n) is 3.68. The molecule has 1 aliphatic carbocycles. The Morgan fingerprint density at radius 2 is 2.14 bits per heavy atom. The van der Waals surface area contributed by atoms with Crippen LogP contribution in [-0.4, -0.2) is 36.1 Å². The lowest BCUT2D eigenvalue weighted by Gasteiger charge is -2.33. The van der Waals surface area contributed by atoms with Gasteiger partial charge in [0.05, 0.1) is 11.7 Å². The summed E-state index contributed by atoms with van der Waals surface area (Å²) in [6.45, 7) is 9.24. The Morgan fingerprint density at radius 3 is 2.86 bits per heavy atom. The standard InChI is InChI=1S/C17H29N3S/c1-3-5-15(20-10-8-18-9-11-20)17-19-14-7-6-13(4-2)12-16(14)21-17/h13,15,18H,3-12H2,1-2H3. The highest BCUT2D eigenvalue weighted by Gasteiger charge is 2.28.